The number of carboxylic acids is 1. The molecule has 3 N–H and O–H groups in total. The number of benzene rings is 1. The molecule has 222 valence electrons. The van der Waals surface area contributed by atoms with Gasteiger partial charge in [0.25, 0.3) is 0 Å². The number of carboxylic acid groups (broad SMARTS) is 1. The maximum Gasteiger partial charge on any atom is 0.347 e. The van der Waals surface area contributed by atoms with Gasteiger partial charge in [-0.15, -0.1) is 0 Å². The average molecular weight is 576 g/mol. The Bertz CT molecular complexity index is 1330. The zero-order chi connectivity index (χ0) is 29.9. The lowest BCUT2D eigenvalue weighted by molar-refractivity contribution is -0.177. The van der Waals surface area contributed by atoms with Gasteiger partial charge in [-0.2, -0.15) is 0 Å². The van der Waals surface area contributed by atoms with Crippen molar-refractivity contribution in [3.63, 3.8) is 0 Å². The van der Waals surface area contributed by atoms with Crippen LogP contribution >= 0.6 is 0 Å². The van der Waals surface area contributed by atoms with Crippen molar-refractivity contribution in [2.75, 3.05) is 20.7 Å². The predicted octanol–water partition coefficient (Wildman–Crippen LogP) is 0.215. The molecule has 7 atom stereocenters. The van der Waals surface area contributed by atoms with Crippen molar-refractivity contribution in [2.45, 2.75) is 81.0 Å². The summed E-state index contributed by atoms with van der Waals surface area (Å²) in [5.41, 5.74) is -0.266. The number of ether oxygens (including phenoxy) is 5. The van der Waals surface area contributed by atoms with E-state index >= 15 is 0 Å². The van der Waals surface area contributed by atoms with Crippen LogP contribution in [0.3, 0.4) is 0 Å². The highest BCUT2D eigenvalue weighted by atomic mass is 16.6. The maximum absolute atomic E-state index is 12.9. The quantitative estimate of drug-likeness (QED) is 0.269. The largest absolute Gasteiger partial charge is 0.493 e. The number of nitrogens with zero attached hydrogens (tertiary/aromatic N) is 1. The minimum Gasteiger partial charge on any atom is -0.493 e. The van der Waals surface area contributed by atoms with E-state index in [1.165, 1.54) is 14.0 Å². The van der Waals surface area contributed by atoms with E-state index in [4.69, 9.17) is 24.1 Å². The average Bonchev–Trinajstić information content (AvgIpc) is 3.27. The third-order valence-corrected chi connectivity index (χ3v) is 8.69. The normalized spacial score (nSPS) is 29.6. The molecular formula is C28H33NO12. The smallest absolute Gasteiger partial charge is 0.347 e. The molecule has 1 aromatic carbocycles. The molecule has 3 unspecified atom stereocenters. The van der Waals surface area contributed by atoms with Crippen LogP contribution in [-0.4, -0.2) is 101 Å². The first kappa shape index (κ1) is 28.8. The molecule has 5 rings (SSSR count). The first-order valence-corrected chi connectivity index (χ1v) is 13.4. The van der Waals surface area contributed by atoms with Crippen LogP contribution in [0.2, 0.25) is 0 Å². The van der Waals surface area contributed by atoms with Crippen LogP contribution in [0.5, 0.6) is 11.5 Å². The third-order valence-electron chi connectivity index (χ3n) is 8.69. The van der Waals surface area contributed by atoms with Crippen LogP contribution in [0.25, 0.3) is 0 Å². The van der Waals surface area contributed by atoms with Gasteiger partial charge in [-0.25, -0.2) is 14.4 Å². The van der Waals surface area contributed by atoms with Crippen molar-refractivity contribution in [1.82, 2.24) is 4.90 Å². The topological polar surface area (TPSA) is 178 Å². The van der Waals surface area contributed by atoms with E-state index in [0.29, 0.717) is 30.9 Å². The summed E-state index contributed by atoms with van der Waals surface area (Å²) in [6.07, 6.45) is -3.67. The minimum absolute atomic E-state index is 0.112. The lowest BCUT2D eigenvalue weighted by Gasteiger charge is -2.61. The Kier molecular flexibility index (Phi) is 7.24. The summed E-state index contributed by atoms with van der Waals surface area (Å²) in [5.74, 6) is -3.62. The number of carbonyl (C=O) groups excluding carboxylic acids is 3. The molecule has 4 aliphatic rings. The van der Waals surface area contributed by atoms with E-state index in [2.05, 4.69) is 9.64 Å². The zero-order valence-electron chi connectivity index (χ0n) is 23.1. The molecule has 2 heterocycles. The molecule has 0 aromatic heterocycles. The summed E-state index contributed by atoms with van der Waals surface area (Å²) in [7, 11) is 3.49. The molecule has 41 heavy (non-hydrogen) atoms. The summed E-state index contributed by atoms with van der Waals surface area (Å²) in [6, 6.07) is 3.58. The standard InChI is InChI=1S/C28H33NO12/c1-13(24(32)33)39-25(34)14(2)38-20(31)12-16(30)26(35)40-18-7-8-28(36)19-11-15-5-6-17(37-4)22-21(15)27(28,23(18)41-22)9-10-29(19)3/h5-7,13-14,16,19,23,30,36H,8-12H2,1-4H3,(H,32,33)/t13?,14?,16?,19-,23+,27+,28-/m1/s1. The Balaban J connectivity index is 1.32. The Morgan fingerprint density at radius 3 is 2.56 bits per heavy atom. The second kappa shape index (κ2) is 10.3. The van der Waals surface area contributed by atoms with Crippen molar-refractivity contribution in [3.8, 4) is 11.5 Å². The van der Waals surface area contributed by atoms with Crippen LogP contribution in [0, 0.1) is 0 Å². The van der Waals surface area contributed by atoms with Gasteiger partial charge in [-0.3, -0.25) is 4.79 Å². The van der Waals surface area contributed by atoms with Gasteiger partial charge >= 0.3 is 23.9 Å². The number of likely N-dealkylation sites (N-methyl/N-ethyl adjacent to an activating group) is 1. The number of rotatable bonds is 9. The van der Waals surface area contributed by atoms with Crippen molar-refractivity contribution in [2.24, 2.45) is 0 Å². The number of hydrogen-bond donors (Lipinski definition) is 3. The number of aliphatic carboxylic acids is 1. The summed E-state index contributed by atoms with van der Waals surface area (Å²) >= 11 is 0. The number of hydrogen-bond acceptors (Lipinski definition) is 12. The summed E-state index contributed by atoms with van der Waals surface area (Å²) in [6.45, 7) is 2.98. The molecule has 2 bridgehead atoms. The molecule has 2 aliphatic heterocycles. The number of likely N-dealkylation sites (tertiary alicyclic amines) is 1. The highest BCUT2D eigenvalue weighted by Crippen LogP contribution is 2.65. The molecule has 1 aromatic rings. The van der Waals surface area contributed by atoms with Crippen LogP contribution in [0.15, 0.2) is 24.0 Å². The Morgan fingerprint density at radius 2 is 1.88 bits per heavy atom. The van der Waals surface area contributed by atoms with Gasteiger partial charge in [-0.1, -0.05) is 6.07 Å². The Hall–Kier alpha value is -3.68. The number of carbonyl (C=O) groups is 4. The van der Waals surface area contributed by atoms with Crippen LogP contribution < -0.4 is 9.47 Å². The van der Waals surface area contributed by atoms with Gasteiger partial charge in [0, 0.05) is 18.0 Å². The van der Waals surface area contributed by atoms with E-state index in [1.54, 1.807) is 6.08 Å². The number of aliphatic hydroxyl groups is 2. The monoisotopic (exact) mass is 575 g/mol. The lowest BCUT2D eigenvalue weighted by Crippen LogP contribution is -2.74. The van der Waals surface area contributed by atoms with Gasteiger partial charge in [0.2, 0.25) is 0 Å². The van der Waals surface area contributed by atoms with Gasteiger partial charge in [0.05, 0.1) is 24.5 Å². The molecule has 2 aliphatic carbocycles. The fourth-order valence-corrected chi connectivity index (χ4v) is 6.63. The number of aliphatic hydroxyl groups excluding tert-OH is 1. The summed E-state index contributed by atoms with van der Waals surface area (Å²) < 4.78 is 27.1. The highest BCUT2D eigenvalue weighted by Gasteiger charge is 2.72. The molecule has 0 amide bonds. The van der Waals surface area contributed by atoms with E-state index < -0.39 is 65.7 Å². The second-order valence-electron chi connectivity index (χ2n) is 11.0. The van der Waals surface area contributed by atoms with E-state index in [9.17, 15) is 29.4 Å². The van der Waals surface area contributed by atoms with Gasteiger partial charge in [0.1, 0.15) is 5.76 Å². The minimum atomic E-state index is -1.94. The van der Waals surface area contributed by atoms with Crippen molar-refractivity contribution >= 4 is 23.9 Å². The summed E-state index contributed by atoms with van der Waals surface area (Å²) in [4.78, 5) is 50.1. The highest BCUT2D eigenvalue weighted by molar-refractivity contribution is 5.85. The van der Waals surface area contributed by atoms with Crippen LogP contribution in [0.1, 0.15) is 44.2 Å². The molecular weight excluding hydrogens is 542 g/mol. The molecule has 13 heteroatoms. The fraction of sp³-hybridized carbons (Fsp3) is 0.571. The number of piperidine rings is 1. The Morgan fingerprint density at radius 1 is 1.15 bits per heavy atom. The van der Waals surface area contributed by atoms with Crippen molar-refractivity contribution in [1.29, 1.82) is 0 Å². The van der Waals surface area contributed by atoms with Gasteiger partial charge < -0.3 is 43.9 Å². The number of methoxy groups -OCH3 is 1. The summed E-state index contributed by atoms with van der Waals surface area (Å²) in [5, 5.41) is 31.5. The van der Waals surface area contributed by atoms with Gasteiger partial charge in [-0.05, 0) is 58.0 Å². The SMILES string of the molecule is COc1ccc2c3c1O[C@H]1C(OC(=O)C(O)CC(=O)OC(C)C(=O)OC(C)C(=O)O)=CC[C@@]4(O)[C@@H](C2)N(C)CC[C@]314. The van der Waals surface area contributed by atoms with E-state index in [1.807, 2.05) is 19.2 Å². The second-order valence-corrected chi connectivity index (χ2v) is 11.0. The molecule has 13 nitrogen and oxygen atoms in total. The van der Waals surface area contributed by atoms with Crippen molar-refractivity contribution < 1.29 is 58.2 Å². The third kappa shape index (κ3) is 4.43. The Labute approximate surface area is 235 Å². The molecule has 1 saturated heterocycles. The first-order valence-electron chi connectivity index (χ1n) is 13.4. The number of esters is 3. The molecule has 0 radical (unpaired) electrons. The molecule has 1 spiro atoms. The zero-order valence-corrected chi connectivity index (χ0v) is 23.1. The van der Waals surface area contributed by atoms with Crippen LogP contribution in [0.4, 0.5) is 0 Å². The lowest BCUT2D eigenvalue weighted by atomic mass is 9.50. The van der Waals surface area contributed by atoms with E-state index in [0.717, 1.165) is 18.1 Å². The maximum atomic E-state index is 12.9. The predicted molar refractivity (Wildman–Crippen MR) is 137 cm³/mol. The van der Waals surface area contributed by atoms with Gasteiger partial charge in [0.15, 0.2) is 35.9 Å². The van der Waals surface area contributed by atoms with Crippen molar-refractivity contribution in [3.05, 3.63) is 35.1 Å². The fourth-order valence-electron chi connectivity index (χ4n) is 6.63. The van der Waals surface area contributed by atoms with E-state index in [-0.39, 0.29) is 18.2 Å². The molecule has 1 fully saturated rings. The first-order chi connectivity index (χ1) is 19.3. The molecule has 0 saturated carbocycles. The van der Waals surface area contributed by atoms with Crippen LogP contribution in [-0.2, 0) is 45.2 Å².